The SMILES string of the molecule is Cc1ccc(Oc2ncc(Cl)cc2Cl)c([N+](=O)[O-])n1. The third kappa shape index (κ3) is 3.10. The molecule has 0 aliphatic heterocycles. The molecule has 0 aromatic carbocycles. The molecular formula is C11H7Cl2N3O3. The molecule has 0 bridgehead atoms. The molecule has 2 aromatic rings. The number of rotatable bonds is 3. The first-order valence-corrected chi connectivity index (χ1v) is 5.84. The maximum Gasteiger partial charge on any atom is 0.407 e. The lowest BCUT2D eigenvalue weighted by molar-refractivity contribution is -0.390. The molecule has 0 saturated carbocycles. The molecule has 98 valence electrons. The maximum absolute atomic E-state index is 10.9. The van der Waals surface area contributed by atoms with Crippen molar-refractivity contribution in [3.8, 4) is 11.6 Å². The molecule has 0 saturated heterocycles. The highest BCUT2D eigenvalue weighted by Crippen LogP contribution is 2.33. The number of nitrogens with zero attached hydrogens (tertiary/aromatic N) is 3. The van der Waals surface area contributed by atoms with Gasteiger partial charge in [-0.3, -0.25) is 0 Å². The molecule has 19 heavy (non-hydrogen) atoms. The van der Waals surface area contributed by atoms with Crippen LogP contribution in [0.5, 0.6) is 11.6 Å². The molecule has 0 aliphatic carbocycles. The molecule has 0 N–H and O–H groups in total. The topological polar surface area (TPSA) is 78.2 Å². The van der Waals surface area contributed by atoms with Crippen molar-refractivity contribution < 1.29 is 9.66 Å². The Labute approximate surface area is 118 Å². The Morgan fingerprint density at radius 3 is 2.74 bits per heavy atom. The number of aromatic nitrogens is 2. The molecule has 0 fully saturated rings. The first-order valence-electron chi connectivity index (χ1n) is 5.08. The smallest absolute Gasteiger partial charge is 0.407 e. The van der Waals surface area contributed by atoms with Crippen LogP contribution in [0.4, 0.5) is 5.82 Å². The molecular weight excluding hydrogens is 293 g/mol. The van der Waals surface area contributed by atoms with Crippen molar-refractivity contribution in [2.45, 2.75) is 6.92 Å². The maximum atomic E-state index is 10.9. The van der Waals surface area contributed by atoms with Gasteiger partial charge in [0, 0.05) is 13.1 Å². The van der Waals surface area contributed by atoms with Gasteiger partial charge in [-0.1, -0.05) is 23.2 Å². The Kier molecular flexibility index (Phi) is 3.82. The van der Waals surface area contributed by atoms with Gasteiger partial charge in [0.2, 0.25) is 11.6 Å². The zero-order chi connectivity index (χ0) is 14.0. The zero-order valence-electron chi connectivity index (χ0n) is 9.63. The first kappa shape index (κ1) is 13.5. The molecule has 0 spiro atoms. The second-order valence-electron chi connectivity index (χ2n) is 3.57. The van der Waals surface area contributed by atoms with Crippen LogP contribution in [0, 0.1) is 17.0 Å². The highest BCUT2D eigenvalue weighted by molar-refractivity contribution is 6.35. The molecule has 0 unspecified atom stereocenters. The molecule has 2 aromatic heterocycles. The van der Waals surface area contributed by atoms with E-state index in [1.807, 2.05) is 0 Å². The predicted octanol–water partition coefficient (Wildman–Crippen LogP) is 3.79. The van der Waals surface area contributed by atoms with Crippen LogP contribution in [-0.4, -0.2) is 14.9 Å². The predicted molar refractivity (Wildman–Crippen MR) is 70.0 cm³/mol. The first-order chi connectivity index (χ1) is 8.97. The number of pyridine rings is 2. The summed E-state index contributed by atoms with van der Waals surface area (Å²) in [5.74, 6) is -0.403. The van der Waals surface area contributed by atoms with E-state index in [4.69, 9.17) is 27.9 Å². The number of aryl methyl sites for hydroxylation is 1. The van der Waals surface area contributed by atoms with Crippen LogP contribution in [0.3, 0.4) is 0 Å². The standard InChI is InChI=1S/C11H7Cl2N3O3/c1-6-2-3-9(10(15-6)16(17)18)19-11-8(13)4-7(12)5-14-11/h2-5H,1H3. The lowest BCUT2D eigenvalue weighted by Gasteiger charge is -2.06. The Morgan fingerprint density at radius 2 is 2.11 bits per heavy atom. The van der Waals surface area contributed by atoms with Crippen LogP contribution in [0.2, 0.25) is 10.0 Å². The highest BCUT2D eigenvalue weighted by Gasteiger charge is 2.19. The number of ether oxygens (including phenoxy) is 1. The summed E-state index contributed by atoms with van der Waals surface area (Å²) in [6.45, 7) is 1.64. The molecule has 8 heteroatoms. The van der Waals surface area contributed by atoms with E-state index in [-0.39, 0.29) is 16.7 Å². The Morgan fingerprint density at radius 1 is 1.37 bits per heavy atom. The minimum atomic E-state index is -0.633. The second kappa shape index (κ2) is 5.38. The molecule has 6 nitrogen and oxygen atoms in total. The minimum absolute atomic E-state index is 0.0276. The Balaban J connectivity index is 2.40. The van der Waals surface area contributed by atoms with Gasteiger partial charge in [0.25, 0.3) is 0 Å². The quantitative estimate of drug-likeness (QED) is 0.636. The third-order valence-corrected chi connectivity index (χ3v) is 2.61. The van der Waals surface area contributed by atoms with Gasteiger partial charge in [-0.15, -0.1) is 0 Å². The van der Waals surface area contributed by atoms with Crippen LogP contribution < -0.4 is 4.74 Å². The van der Waals surface area contributed by atoms with Crippen LogP contribution in [0.1, 0.15) is 5.69 Å². The van der Waals surface area contributed by atoms with Crippen molar-refractivity contribution in [1.82, 2.24) is 9.97 Å². The average Bonchev–Trinajstić information content (AvgIpc) is 2.34. The summed E-state index contributed by atoms with van der Waals surface area (Å²) in [6, 6.07) is 4.46. The summed E-state index contributed by atoms with van der Waals surface area (Å²) in [7, 11) is 0. The van der Waals surface area contributed by atoms with Gasteiger partial charge >= 0.3 is 5.82 Å². The fraction of sp³-hybridized carbons (Fsp3) is 0.0909. The molecule has 0 amide bonds. The van der Waals surface area contributed by atoms with E-state index in [9.17, 15) is 10.1 Å². The largest absolute Gasteiger partial charge is 0.429 e. The second-order valence-corrected chi connectivity index (χ2v) is 4.42. The van der Waals surface area contributed by atoms with E-state index < -0.39 is 10.7 Å². The molecule has 2 heterocycles. The van der Waals surface area contributed by atoms with E-state index in [1.54, 1.807) is 13.0 Å². The van der Waals surface area contributed by atoms with Crippen molar-refractivity contribution in [3.63, 3.8) is 0 Å². The van der Waals surface area contributed by atoms with Crippen molar-refractivity contribution in [1.29, 1.82) is 0 Å². The van der Waals surface area contributed by atoms with Gasteiger partial charge < -0.3 is 14.9 Å². The fourth-order valence-corrected chi connectivity index (χ4v) is 1.74. The van der Waals surface area contributed by atoms with Gasteiger partial charge in [-0.2, -0.15) is 0 Å². The van der Waals surface area contributed by atoms with Crippen LogP contribution >= 0.6 is 23.2 Å². The summed E-state index contributed by atoms with van der Waals surface area (Å²) in [5.41, 5.74) is 0.509. The Bertz CT molecular complexity index is 649. The van der Waals surface area contributed by atoms with Crippen molar-refractivity contribution in [2.75, 3.05) is 0 Å². The van der Waals surface area contributed by atoms with Gasteiger partial charge in [-0.25, -0.2) is 4.98 Å². The average molecular weight is 300 g/mol. The van der Waals surface area contributed by atoms with Gasteiger partial charge in [-0.05, 0) is 28.1 Å². The number of halogens is 2. The fourth-order valence-electron chi connectivity index (χ4n) is 1.32. The monoisotopic (exact) mass is 299 g/mol. The number of hydrogen-bond acceptors (Lipinski definition) is 5. The van der Waals surface area contributed by atoms with Crippen LogP contribution in [0.25, 0.3) is 0 Å². The van der Waals surface area contributed by atoms with Crippen LogP contribution in [0.15, 0.2) is 24.4 Å². The molecule has 2 rings (SSSR count). The van der Waals surface area contributed by atoms with Crippen LogP contribution in [-0.2, 0) is 0 Å². The molecule has 0 atom stereocenters. The third-order valence-electron chi connectivity index (χ3n) is 2.13. The Hall–Kier alpha value is -1.92. The summed E-state index contributed by atoms with van der Waals surface area (Å²) >= 11 is 11.6. The minimum Gasteiger partial charge on any atom is -0.429 e. The normalized spacial score (nSPS) is 10.3. The number of hydrogen-bond donors (Lipinski definition) is 0. The van der Waals surface area contributed by atoms with Gasteiger partial charge in [0.05, 0.1) is 5.02 Å². The van der Waals surface area contributed by atoms with Crippen molar-refractivity contribution in [3.05, 3.63) is 50.2 Å². The van der Waals surface area contributed by atoms with E-state index in [2.05, 4.69) is 9.97 Å². The van der Waals surface area contributed by atoms with E-state index >= 15 is 0 Å². The lowest BCUT2D eigenvalue weighted by Crippen LogP contribution is -1.98. The van der Waals surface area contributed by atoms with E-state index in [1.165, 1.54) is 18.3 Å². The van der Waals surface area contributed by atoms with Gasteiger partial charge in [0.15, 0.2) is 0 Å². The van der Waals surface area contributed by atoms with E-state index in [0.29, 0.717) is 10.7 Å². The summed E-state index contributed by atoms with van der Waals surface area (Å²) in [6.07, 6.45) is 1.33. The molecule has 0 radical (unpaired) electrons. The lowest BCUT2D eigenvalue weighted by atomic mass is 10.3. The zero-order valence-corrected chi connectivity index (χ0v) is 11.1. The van der Waals surface area contributed by atoms with Crippen molar-refractivity contribution in [2.24, 2.45) is 0 Å². The van der Waals surface area contributed by atoms with Gasteiger partial charge in [0.1, 0.15) is 10.7 Å². The number of nitro groups is 1. The van der Waals surface area contributed by atoms with Crippen molar-refractivity contribution >= 4 is 29.0 Å². The van der Waals surface area contributed by atoms with E-state index in [0.717, 1.165) is 0 Å². The summed E-state index contributed by atoms with van der Waals surface area (Å²) in [4.78, 5) is 17.9. The summed E-state index contributed by atoms with van der Waals surface area (Å²) < 4.78 is 5.31. The summed E-state index contributed by atoms with van der Waals surface area (Å²) in [5, 5.41) is 11.4. The highest BCUT2D eigenvalue weighted by atomic mass is 35.5. The molecule has 0 aliphatic rings.